The fourth-order valence-electron chi connectivity index (χ4n) is 3.15. The molecule has 5 nitrogen and oxygen atoms in total. The van der Waals surface area contributed by atoms with Crippen molar-refractivity contribution in [1.82, 2.24) is 9.62 Å². The van der Waals surface area contributed by atoms with Crippen LogP contribution in [-0.4, -0.2) is 32.2 Å². The Morgan fingerprint density at radius 2 is 1.33 bits per heavy atom. The monoisotopic (exact) mass is 422 g/mol. The summed E-state index contributed by atoms with van der Waals surface area (Å²) in [5.74, 6) is -0.373. The van der Waals surface area contributed by atoms with Crippen LogP contribution in [-0.2, 0) is 14.8 Å². The van der Waals surface area contributed by atoms with Crippen LogP contribution in [0, 0.1) is 13.8 Å². The van der Waals surface area contributed by atoms with Crippen LogP contribution in [0.25, 0.3) is 0 Å². The lowest BCUT2D eigenvalue weighted by molar-refractivity contribution is -0.121. The first-order chi connectivity index (χ1) is 14.3. The van der Waals surface area contributed by atoms with Crippen molar-refractivity contribution < 1.29 is 13.2 Å². The van der Waals surface area contributed by atoms with Gasteiger partial charge >= 0.3 is 0 Å². The van der Waals surface area contributed by atoms with Crippen molar-refractivity contribution in [2.75, 3.05) is 13.6 Å². The number of carbonyl (C=O) groups excluding carboxylic acids is 1. The summed E-state index contributed by atoms with van der Waals surface area (Å²) < 4.78 is 26.6. The Balaban J connectivity index is 1.79. The highest BCUT2D eigenvalue weighted by Crippen LogP contribution is 2.23. The Hall–Kier alpha value is -2.96. The van der Waals surface area contributed by atoms with E-state index < -0.39 is 10.0 Å². The molecule has 0 unspecified atom stereocenters. The molecule has 3 aromatic rings. The molecule has 3 aromatic carbocycles. The number of carbonyl (C=O) groups is 1. The Bertz CT molecular complexity index is 1090. The Morgan fingerprint density at radius 1 is 0.833 bits per heavy atom. The van der Waals surface area contributed by atoms with Gasteiger partial charge in [0, 0.05) is 7.05 Å². The minimum atomic E-state index is -3.75. The molecule has 0 bridgehead atoms. The number of rotatable bonds is 7. The molecule has 1 N–H and O–H groups in total. The number of hydrogen-bond donors (Lipinski definition) is 1. The molecule has 0 aliphatic carbocycles. The van der Waals surface area contributed by atoms with E-state index in [1.165, 1.54) is 7.05 Å². The van der Waals surface area contributed by atoms with Gasteiger partial charge in [0.15, 0.2) is 0 Å². The van der Waals surface area contributed by atoms with Crippen LogP contribution in [0.1, 0.15) is 28.3 Å². The van der Waals surface area contributed by atoms with Gasteiger partial charge < -0.3 is 5.32 Å². The van der Waals surface area contributed by atoms with Crippen molar-refractivity contribution in [1.29, 1.82) is 0 Å². The molecular weight excluding hydrogens is 396 g/mol. The number of nitrogens with one attached hydrogen (secondary N) is 1. The van der Waals surface area contributed by atoms with Crippen LogP contribution in [0.2, 0.25) is 0 Å². The van der Waals surface area contributed by atoms with Gasteiger partial charge in [-0.3, -0.25) is 4.79 Å². The predicted molar refractivity (Wildman–Crippen MR) is 119 cm³/mol. The molecule has 0 saturated heterocycles. The number of nitrogens with zero attached hydrogens (tertiary/aromatic N) is 1. The molecule has 1 amide bonds. The zero-order valence-electron chi connectivity index (χ0n) is 17.4. The molecule has 0 radical (unpaired) electrons. The largest absolute Gasteiger partial charge is 0.344 e. The van der Waals surface area contributed by atoms with Crippen molar-refractivity contribution in [2.45, 2.75) is 24.8 Å². The van der Waals surface area contributed by atoms with Gasteiger partial charge in [-0.1, -0.05) is 77.9 Å². The average Bonchev–Trinajstić information content (AvgIpc) is 2.73. The maximum Gasteiger partial charge on any atom is 0.243 e. The lowest BCUT2D eigenvalue weighted by atomic mass is 9.98. The number of aryl methyl sites for hydroxylation is 2. The third-order valence-corrected chi connectivity index (χ3v) is 6.76. The normalized spacial score (nSPS) is 12.5. The van der Waals surface area contributed by atoms with E-state index in [0.29, 0.717) is 0 Å². The van der Waals surface area contributed by atoms with Crippen molar-refractivity contribution in [2.24, 2.45) is 0 Å². The molecule has 6 heteroatoms. The second-order valence-electron chi connectivity index (χ2n) is 7.40. The van der Waals surface area contributed by atoms with Crippen molar-refractivity contribution in [3.8, 4) is 0 Å². The molecule has 0 spiro atoms. The predicted octanol–water partition coefficient (Wildman–Crippen LogP) is 3.83. The van der Waals surface area contributed by atoms with Crippen molar-refractivity contribution >= 4 is 15.9 Å². The van der Waals surface area contributed by atoms with Gasteiger partial charge in [-0.2, -0.15) is 4.31 Å². The van der Waals surface area contributed by atoms with E-state index in [9.17, 15) is 13.2 Å². The molecule has 0 saturated carbocycles. The summed E-state index contributed by atoms with van der Waals surface area (Å²) >= 11 is 0. The number of sulfonamides is 1. The summed E-state index contributed by atoms with van der Waals surface area (Å²) in [6.07, 6.45) is 0. The van der Waals surface area contributed by atoms with Crippen LogP contribution in [0.3, 0.4) is 0 Å². The van der Waals surface area contributed by atoms with Crippen LogP contribution in [0.15, 0.2) is 83.8 Å². The SMILES string of the molecule is Cc1ccc([C@H](NC(=O)CN(C)S(=O)(=O)c2ccc(C)cc2)c2ccccc2)cc1. The zero-order valence-corrected chi connectivity index (χ0v) is 18.2. The standard InChI is InChI=1S/C24H26N2O3S/c1-18-9-13-21(14-10-18)24(20-7-5-4-6-8-20)25-23(27)17-26(3)30(28,29)22-15-11-19(2)12-16-22/h4-16,24H,17H2,1-3H3,(H,25,27)/t24-/m1/s1. The number of benzene rings is 3. The Kier molecular flexibility index (Phi) is 6.70. The topological polar surface area (TPSA) is 66.5 Å². The molecular formula is C24H26N2O3S. The minimum absolute atomic E-state index is 0.168. The third kappa shape index (κ3) is 5.14. The van der Waals surface area contributed by atoms with E-state index in [-0.39, 0.29) is 23.4 Å². The fraction of sp³-hybridized carbons (Fsp3) is 0.208. The summed E-state index contributed by atoms with van der Waals surface area (Å²) in [4.78, 5) is 13.0. The van der Waals surface area contributed by atoms with Crippen molar-refractivity contribution in [3.63, 3.8) is 0 Å². The van der Waals surface area contributed by atoms with E-state index >= 15 is 0 Å². The molecule has 0 heterocycles. The second-order valence-corrected chi connectivity index (χ2v) is 9.44. The van der Waals surface area contributed by atoms with Gasteiger partial charge in [-0.05, 0) is 37.1 Å². The third-order valence-electron chi connectivity index (χ3n) is 4.94. The summed E-state index contributed by atoms with van der Waals surface area (Å²) in [5, 5.41) is 2.99. The zero-order chi connectivity index (χ0) is 21.7. The van der Waals surface area contributed by atoms with E-state index in [1.807, 2.05) is 68.4 Å². The summed E-state index contributed by atoms with van der Waals surface area (Å²) in [6.45, 7) is 3.62. The van der Waals surface area contributed by atoms with E-state index in [0.717, 1.165) is 26.6 Å². The maximum atomic E-state index is 12.8. The smallest absolute Gasteiger partial charge is 0.243 e. The van der Waals surface area contributed by atoms with Crippen LogP contribution < -0.4 is 5.32 Å². The Labute approximate surface area is 178 Å². The fourth-order valence-corrected chi connectivity index (χ4v) is 4.27. The van der Waals surface area contributed by atoms with Crippen LogP contribution in [0.4, 0.5) is 0 Å². The van der Waals surface area contributed by atoms with Crippen molar-refractivity contribution in [3.05, 3.63) is 101 Å². The van der Waals surface area contributed by atoms with Gasteiger partial charge in [-0.25, -0.2) is 8.42 Å². The number of hydrogen-bond acceptors (Lipinski definition) is 3. The highest BCUT2D eigenvalue weighted by Gasteiger charge is 2.24. The molecule has 1 atom stereocenters. The molecule has 0 aliphatic rings. The molecule has 0 aliphatic heterocycles. The van der Waals surface area contributed by atoms with Gasteiger partial charge in [0.2, 0.25) is 15.9 Å². The van der Waals surface area contributed by atoms with E-state index in [2.05, 4.69) is 5.32 Å². The minimum Gasteiger partial charge on any atom is -0.344 e. The summed E-state index contributed by atoms with van der Waals surface area (Å²) in [7, 11) is -2.33. The van der Waals surface area contributed by atoms with Gasteiger partial charge in [0.05, 0.1) is 17.5 Å². The molecule has 0 fully saturated rings. The van der Waals surface area contributed by atoms with Gasteiger partial charge in [0.1, 0.15) is 0 Å². The first-order valence-electron chi connectivity index (χ1n) is 9.71. The summed E-state index contributed by atoms with van der Waals surface area (Å²) in [5.41, 5.74) is 3.96. The highest BCUT2D eigenvalue weighted by molar-refractivity contribution is 7.89. The highest BCUT2D eigenvalue weighted by atomic mass is 32.2. The summed E-state index contributed by atoms with van der Waals surface area (Å²) in [6, 6.07) is 23.8. The lowest BCUT2D eigenvalue weighted by Gasteiger charge is -2.22. The molecule has 0 aromatic heterocycles. The van der Waals surface area contributed by atoms with Crippen LogP contribution >= 0.6 is 0 Å². The first-order valence-corrected chi connectivity index (χ1v) is 11.2. The second kappa shape index (κ2) is 9.24. The quantitative estimate of drug-likeness (QED) is 0.629. The number of amides is 1. The Morgan fingerprint density at radius 3 is 1.90 bits per heavy atom. The number of likely N-dealkylation sites (N-methyl/N-ethyl adjacent to an activating group) is 1. The maximum absolute atomic E-state index is 12.8. The lowest BCUT2D eigenvalue weighted by Crippen LogP contribution is -2.40. The molecule has 3 rings (SSSR count). The molecule has 30 heavy (non-hydrogen) atoms. The van der Waals surface area contributed by atoms with Crippen LogP contribution in [0.5, 0.6) is 0 Å². The van der Waals surface area contributed by atoms with E-state index in [4.69, 9.17) is 0 Å². The van der Waals surface area contributed by atoms with E-state index in [1.54, 1.807) is 24.3 Å². The van der Waals surface area contributed by atoms with Gasteiger partial charge in [0.25, 0.3) is 0 Å². The first kappa shape index (κ1) is 21.7. The molecule has 156 valence electrons. The van der Waals surface area contributed by atoms with Gasteiger partial charge in [-0.15, -0.1) is 0 Å². The average molecular weight is 423 g/mol.